The van der Waals surface area contributed by atoms with E-state index in [0.717, 1.165) is 27.2 Å². The zero-order valence-corrected chi connectivity index (χ0v) is 17.4. The molecule has 0 radical (unpaired) electrons. The fourth-order valence-electron chi connectivity index (χ4n) is 6.57. The molecule has 2 atom stereocenters. The summed E-state index contributed by atoms with van der Waals surface area (Å²) in [7, 11) is 0. The minimum Gasteiger partial charge on any atom is -0.274 e. The van der Waals surface area contributed by atoms with Crippen LogP contribution in [0.1, 0.15) is 41.5 Å². The normalized spacial score (nSPS) is 27.2. The molecule has 4 aliphatic rings. The van der Waals surface area contributed by atoms with Crippen LogP contribution in [0.5, 0.6) is 0 Å². The van der Waals surface area contributed by atoms with E-state index in [0.29, 0.717) is 6.42 Å². The van der Waals surface area contributed by atoms with Gasteiger partial charge in [0.05, 0.1) is 16.8 Å². The van der Waals surface area contributed by atoms with E-state index in [2.05, 4.69) is 31.2 Å². The van der Waals surface area contributed by atoms with Crippen molar-refractivity contribution in [2.24, 2.45) is 11.8 Å². The van der Waals surface area contributed by atoms with E-state index in [4.69, 9.17) is 0 Å². The predicted octanol–water partition coefficient (Wildman–Crippen LogP) is 4.56. The maximum absolute atomic E-state index is 14.0. The van der Waals surface area contributed by atoms with Gasteiger partial charge >= 0.3 is 0 Å². The number of carbonyl (C=O) groups is 2. The van der Waals surface area contributed by atoms with E-state index in [1.54, 1.807) is 12.1 Å². The SMILES string of the molecule is CCC12c3ccccc3C(c3ccccc31)[C@H]1C(=O)N(c3ccccc3[N+](=O)[O-])C(=O)[C@H]12. The fourth-order valence-corrected chi connectivity index (χ4v) is 6.57. The number of nitro groups is 1. The number of anilines is 1. The number of hydrogen-bond donors (Lipinski definition) is 0. The van der Waals surface area contributed by atoms with Crippen molar-refractivity contribution in [2.75, 3.05) is 4.90 Å². The number of nitrogens with zero attached hydrogens (tertiary/aromatic N) is 2. The number of hydrogen-bond acceptors (Lipinski definition) is 4. The van der Waals surface area contributed by atoms with Crippen LogP contribution in [0.15, 0.2) is 72.8 Å². The summed E-state index contributed by atoms with van der Waals surface area (Å²) in [6, 6.07) is 22.2. The zero-order valence-electron chi connectivity index (χ0n) is 17.4. The monoisotopic (exact) mass is 424 g/mol. The molecule has 0 N–H and O–H groups in total. The number of carbonyl (C=O) groups excluding carboxylic acids is 2. The van der Waals surface area contributed by atoms with Crippen molar-refractivity contribution in [3.05, 3.63) is 105 Å². The Bertz CT molecular complexity index is 1280. The third-order valence-electron chi connectivity index (χ3n) is 7.67. The van der Waals surface area contributed by atoms with Crippen LogP contribution in [-0.2, 0) is 15.0 Å². The van der Waals surface area contributed by atoms with Crippen LogP contribution >= 0.6 is 0 Å². The van der Waals surface area contributed by atoms with E-state index in [1.807, 2.05) is 24.3 Å². The Morgan fingerprint density at radius 3 is 2.03 bits per heavy atom. The lowest BCUT2D eigenvalue weighted by Gasteiger charge is -2.54. The summed E-state index contributed by atoms with van der Waals surface area (Å²) in [5.74, 6) is -2.10. The highest BCUT2D eigenvalue weighted by atomic mass is 16.6. The van der Waals surface area contributed by atoms with Gasteiger partial charge in [-0.25, -0.2) is 4.90 Å². The first kappa shape index (κ1) is 18.9. The van der Waals surface area contributed by atoms with Gasteiger partial charge in [-0.05, 0) is 34.7 Å². The van der Waals surface area contributed by atoms with Gasteiger partial charge in [0.1, 0.15) is 5.69 Å². The molecule has 3 aromatic carbocycles. The van der Waals surface area contributed by atoms with Crippen molar-refractivity contribution >= 4 is 23.2 Å². The maximum Gasteiger partial charge on any atom is 0.293 e. The third kappa shape index (κ3) is 2.04. The van der Waals surface area contributed by atoms with Gasteiger partial charge in [-0.1, -0.05) is 67.6 Å². The molecule has 1 saturated heterocycles. The zero-order chi connectivity index (χ0) is 22.2. The Balaban J connectivity index is 1.64. The highest BCUT2D eigenvalue weighted by Gasteiger charge is 2.67. The van der Waals surface area contributed by atoms with Crippen LogP contribution < -0.4 is 4.90 Å². The van der Waals surface area contributed by atoms with Gasteiger partial charge in [-0.3, -0.25) is 19.7 Å². The lowest BCUT2D eigenvalue weighted by Crippen LogP contribution is -2.53. The summed E-state index contributed by atoms with van der Waals surface area (Å²) in [6.45, 7) is 2.06. The Labute approximate surface area is 184 Å². The molecule has 6 nitrogen and oxygen atoms in total. The molecular formula is C26H20N2O4. The predicted molar refractivity (Wildman–Crippen MR) is 118 cm³/mol. The van der Waals surface area contributed by atoms with Gasteiger partial charge in [0, 0.05) is 17.4 Å². The van der Waals surface area contributed by atoms with E-state index in [-0.39, 0.29) is 29.1 Å². The van der Waals surface area contributed by atoms with Crippen molar-refractivity contribution in [3.63, 3.8) is 0 Å². The molecule has 3 aromatic rings. The van der Waals surface area contributed by atoms with Crippen LogP contribution in [0.4, 0.5) is 11.4 Å². The summed E-state index contributed by atoms with van der Waals surface area (Å²) in [5, 5.41) is 11.7. The maximum atomic E-state index is 14.0. The number of imide groups is 1. The Morgan fingerprint density at radius 2 is 1.44 bits per heavy atom. The Kier molecular flexibility index (Phi) is 3.76. The highest BCUT2D eigenvalue weighted by Crippen LogP contribution is 2.65. The molecule has 7 rings (SSSR count). The van der Waals surface area contributed by atoms with Gasteiger partial charge in [0.25, 0.3) is 5.69 Å². The minimum absolute atomic E-state index is 0.0562. The molecule has 2 amide bonds. The van der Waals surface area contributed by atoms with Crippen LogP contribution in [-0.4, -0.2) is 16.7 Å². The molecule has 0 aromatic heterocycles. The van der Waals surface area contributed by atoms with Crippen LogP contribution in [0.3, 0.4) is 0 Å². The molecule has 2 bridgehead atoms. The van der Waals surface area contributed by atoms with Crippen molar-refractivity contribution in [3.8, 4) is 0 Å². The van der Waals surface area contributed by atoms with Crippen molar-refractivity contribution in [1.82, 2.24) is 0 Å². The second-order valence-corrected chi connectivity index (χ2v) is 8.74. The van der Waals surface area contributed by atoms with Gasteiger partial charge in [-0.15, -0.1) is 0 Å². The average molecular weight is 424 g/mol. The second kappa shape index (κ2) is 6.36. The molecule has 0 spiro atoms. The topological polar surface area (TPSA) is 80.5 Å². The smallest absolute Gasteiger partial charge is 0.274 e. The summed E-state index contributed by atoms with van der Waals surface area (Å²) < 4.78 is 0. The van der Waals surface area contributed by atoms with Crippen LogP contribution in [0.25, 0.3) is 0 Å². The lowest BCUT2D eigenvalue weighted by molar-refractivity contribution is -0.384. The first-order chi connectivity index (χ1) is 15.5. The van der Waals surface area contributed by atoms with E-state index < -0.39 is 22.2 Å². The van der Waals surface area contributed by atoms with Crippen molar-refractivity contribution in [1.29, 1.82) is 0 Å². The first-order valence-electron chi connectivity index (χ1n) is 10.8. The van der Waals surface area contributed by atoms with E-state index in [1.165, 1.54) is 12.1 Å². The second-order valence-electron chi connectivity index (χ2n) is 8.74. The van der Waals surface area contributed by atoms with Crippen molar-refractivity contribution < 1.29 is 14.5 Å². The molecule has 6 heteroatoms. The van der Waals surface area contributed by atoms with E-state index in [9.17, 15) is 19.7 Å². The van der Waals surface area contributed by atoms with Crippen LogP contribution in [0.2, 0.25) is 0 Å². The Morgan fingerprint density at radius 1 is 0.875 bits per heavy atom. The Hall–Kier alpha value is -3.80. The molecule has 158 valence electrons. The highest BCUT2D eigenvalue weighted by molar-refractivity contribution is 6.24. The summed E-state index contributed by atoms with van der Waals surface area (Å²) >= 11 is 0. The number of amides is 2. The largest absolute Gasteiger partial charge is 0.293 e. The summed E-state index contributed by atoms with van der Waals surface area (Å²) in [4.78, 5) is 40.1. The van der Waals surface area contributed by atoms with Gasteiger partial charge in [-0.2, -0.15) is 0 Å². The molecular weight excluding hydrogens is 404 g/mol. The first-order valence-corrected chi connectivity index (χ1v) is 10.8. The minimum atomic E-state index is -0.641. The molecule has 1 heterocycles. The van der Waals surface area contributed by atoms with Gasteiger partial charge in [0.15, 0.2) is 0 Å². The summed E-state index contributed by atoms with van der Waals surface area (Å²) in [5.41, 5.74) is 3.54. The molecule has 1 aliphatic heterocycles. The molecule has 3 aliphatic carbocycles. The molecule has 0 saturated carbocycles. The molecule has 0 unspecified atom stereocenters. The number of para-hydroxylation sites is 2. The van der Waals surface area contributed by atoms with Gasteiger partial charge < -0.3 is 0 Å². The van der Waals surface area contributed by atoms with Crippen LogP contribution in [0, 0.1) is 22.0 Å². The fraction of sp³-hybridized carbons (Fsp3) is 0.231. The lowest BCUT2D eigenvalue weighted by atomic mass is 9.46. The standard InChI is InChI=1S/C26H20N2O4/c1-2-26-17-11-5-3-9-15(17)21(16-10-4-6-12-18(16)26)22-23(26)25(30)27(24(22)29)19-13-7-8-14-20(19)28(31)32/h3-14,21-23H,2H2,1H3/t21?,22-,23+,26?/m1/s1. The number of nitro benzene ring substituents is 1. The summed E-state index contributed by atoms with van der Waals surface area (Å²) in [6.07, 6.45) is 0.651. The number of rotatable bonds is 3. The van der Waals surface area contributed by atoms with Crippen molar-refractivity contribution in [2.45, 2.75) is 24.7 Å². The third-order valence-corrected chi connectivity index (χ3v) is 7.67. The quantitative estimate of drug-likeness (QED) is 0.351. The average Bonchev–Trinajstić information content (AvgIpc) is 3.09. The molecule has 32 heavy (non-hydrogen) atoms. The number of benzene rings is 3. The van der Waals surface area contributed by atoms with Gasteiger partial charge in [0.2, 0.25) is 11.8 Å². The molecule has 1 fully saturated rings. The van der Waals surface area contributed by atoms with E-state index >= 15 is 0 Å².